The van der Waals surface area contributed by atoms with Crippen molar-refractivity contribution in [3.63, 3.8) is 0 Å². The molecule has 0 saturated carbocycles. The Kier molecular flexibility index (Phi) is 4.47. The second kappa shape index (κ2) is 5.95. The van der Waals surface area contributed by atoms with Gasteiger partial charge in [0.1, 0.15) is 17.5 Å². The first-order chi connectivity index (χ1) is 9.43. The number of aryl methyl sites for hydroxylation is 1. The summed E-state index contributed by atoms with van der Waals surface area (Å²) in [7, 11) is 0. The maximum atomic E-state index is 14.1. The standard InChI is InChI=1S/C14H12BrF3N2/c1-7-2-3-11(17)12(13(7)18)14(20-19)8-4-9(15)6-10(16)5-8/h2-6,14,20H,19H2,1H3. The van der Waals surface area contributed by atoms with Gasteiger partial charge in [0, 0.05) is 10.0 Å². The molecule has 2 rings (SSSR count). The van der Waals surface area contributed by atoms with Gasteiger partial charge in [0.05, 0.1) is 6.04 Å². The van der Waals surface area contributed by atoms with Gasteiger partial charge in [-0.05, 0) is 42.3 Å². The van der Waals surface area contributed by atoms with Crippen molar-refractivity contribution in [3.05, 3.63) is 68.9 Å². The molecule has 106 valence electrons. The highest BCUT2D eigenvalue weighted by Crippen LogP contribution is 2.30. The van der Waals surface area contributed by atoms with Gasteiger partial charge in [-0.15, -0.1) is 0 Å². The van der Waals surface area contributed by atoms with Crippen LogP contribution in [0.1, 0.15) is 22.7 Å². The van der Waals surface area contributed by atoms with Crippen molar-refractivity contribution in [1.82, 2.24) is 5.43 Å². The van der Waals surface area contributed by atoms with Crippen LogP contribution in [0.3, 0.4) is 0 Å². The molecule has 0 fully saturated rings. The molecule has 20 heavy (non-hydrogen) atoms. The highest BCUT2D eigenvalue weighted by atomic mass is 79.9. The topological polar surface area (TPSA) is 38.0 Å². The van der Waals surface area contributed by atoms with E-state index in [1.165, 1.54) is 25.1 Å². The van der Waals surface area contributed by atoms with E-state index in [1.807, 2.05) is 0 Å². The number of rotatable bonds is 3. The third-order valence-electron chi connectivity index (χ3n) is 2.99. The molecular weight excluding hydrogens is 333 g/mol. The third-order valence-corrected chi connectivity index (χ3v) is 3.45. The summed E-state index contributed by atoms with van der Waals surface area (Å²) in [4.78, 5) is 0. The number of hydrogen-bond acceptors (Lipinski definition) is 2. The zero-order valence-corrected chi connectivity index (χ0v) is 12.1. The van der Waals surface area contributed by atoms with Gasteiger partial charge in [0.15, 0.2) is 0 Å². The zero-order chi connectivity index (χ0) is 14.9. The molecule has 0 aliphatic carbocycles. The van der Waals surface area contributed by atoms with Gasteiger partial charge >= 0.3 is 0 Å². The zero-order valence-electron chi connectivity index (χ0n) is 10.6. The summed E-state index contributed by atoms with van der Waals surface area (Å²) < 4.78 is 42.0. The maximum Gasteiger partial charge on any atom is 0.134 e. The van der Waals surface area contributed by atoms with E-state index in [-0.39, 0.29) is 11.1 Å². The third kappa shape index (κ3) is 2.87. The number of nitrogens with two attached hydrogens (primary N) is 1. The lowest BCUT2D eigenvalue weighted by Gasteiger charge is -2.19. The summed E-state index contributed by atoms with van der Waals surface area (Å²) in [5, 5.41) is 0. The second-order valence-corrected chi connectivity index (χ2v) is 5.31. The molecule has 1 atom stereocenters. The normalized spacial score (nSPS) is 12.5. The van der Waals surface area contributed by atoms with Crippen LogP contribution < -0.4 is 11.3 Å². The summed E-state index contributed by atoms with van der Waals surface area (Å²) in [6, 6.07) is 5.49. The van der Waals surface area contributed by atoms with E-state index >= 15 is 0 Å². The fourth-order valence-electron chi connectivity index (χ4n) is 2.03. The second-order valence-electron chi connectivity index (χ2n) is 4.39. The van der Waals surface area contributed by atoms with E-state index in [1.54, 1.807) is 6.07 Å². The molecule has 0 aliphatic heterocycles. The van der Waals surface area contributed by atoms with E-state index in [9.17, 15) is 13.2 Å². The summed E-state index contributed by atoms with van der Waals surface area (Å²) >= 11 is 3.14. The summed E-state index contributed by atoms with van der Waals surface area (Å²) in [5.74, 6) is 3.44. The van der Waals surface area contributed by atoms with E-state index in [0.717, 1.165) is 6.07 Å². The molecular formula is C14H12BrF3N2. The number of hydrazine groups is 1. The van der Waals surface area contributed by atoms with Crippen molar-refractivity contribution >= 4 is 15.9 Å². The molecule has 0 bridgehead atoms. The van der Waals surface area contributed by atoms with Crippen molar-refractivity contribution in [3.8, 4) is 0 Å². The first-order valence-electron chi connectivity index (χ1n) is 5.80. The van der Waals surface area contributed by atoms with Gasteiger partial charge in [-0.1, -0.05) is 22.0 Å². The smallest absolute Gasteiger partial charge is 0.134 e. The van der Waals surface area contributed by atoms with Crippen molar-refractivity contribution < 1.29 is 13.2 Å². The molecule has 0 spiro atoms. The predicted octanol–water partition coefficient (Wildman–Crippen LogP) is 3.73. The van der Waals surface area contributed by atoms with Crippen molar-refractivity contribution in [2.24, 2.45) is 5.84 Å². The van der Waals surface area contributed by atoms with Crippen LogP contribution >= 0.6 is 15.9 Å². The van der Waals surface area contributed by atoms with Crippen LogP contribution in [-0.2, 0) is 0 Å². The van der Waals surface area contributed by atoms with E-state index in [4.69, 9.17) is 5.84 Å². The molecule has 0 heterocycles. The predicted molar refractivity (Wildman–Crippen MR) is 74.4 cm³/mol. The van der Waals surface area contributed by atoms with E-state index < -0.39 is 23.5 Å². The molecule has 2 nitrogen and oxygen atoms in total. The summed E-state index contributed by atoms with van der Waals surface area (Å²) in [6.07, 6.45) is 0. The van der Waals surface area contributed by atoms with Crippen LogP contribution in [0.4, 0.5) is 13.2 Å². The average Bonchev–Trinajstić information content (AvgIpc) is 2.38. The first-order valence-corrected chi connectivity index (χ1v) is 6.60. The first kappa shape index (κ1) is 15.0. The van der Waals surface area contributed by atoms with Crippen LogP contribution in [0.5, 0.6) is 0 Å². The summed E-state index contributed by atoms with van der Waals surface area (Å²) in [6.45, 7) is 1.52. The number of halogens is 4. The fourth-order valence-corrected chi connectivity index (χ4v) is 2.51. The minimum atomic E-state index is -0.984. The Balaban J connectivity index is 2.61. The van der Waals surface area contributed by atoms with E-state index in [2.05, 4.69) is 21.4 Å². The Hall–Kier alpha value is -1.37. The highest BCUT2D eigenvalue weighted by Gasteiger charge is 2.23. The summed E-state index contributed by atoms with van der Waals surface area (Å²) in [5.41, 5.74) is 2.71. The van der Waals surface area contributed by atoms with Gasteiger partial charge in [-0.3, -0.25) is 5.84 Å². The largest absolute Gasteiger partial charge is 0.271 e. The van der Waals surface area contributed by atoms with Gasteiger partial charge in [-0.2, -0.15) is 0 Å². The molecule has 2 aromatic rings. The number of nitrogens with one attached hydrogen (secondary N) is 1. The highest BCUT2D eigenvalue weighted by molar-refractivity contribution is 9.10. The molecule has 0 saturated heterocycles. The van der Waals surface area contributed by atoms with Gasteiger partial charge in [0.25, 0.3) is 0 Å². The monoisotopic (exact) mass is 344 g/mol. The quantitative estimate of drug-likeness (QED) is 0.657. The number of hydrogen-bond donors (Lipinski definition) is 2. The van der Waals surface area contributed by atoms with E-state index in [0.29, 0.717) is 10.0 Å². The molecule has 0 amide bonds. The van der Waals surface area contributed by atoms with Gasteiger partial charge < -0.3 is 0 Å². The van der Waals surface area contributed by atoms with Gasteiger partial charge in [0.2, 0.25) is 0 Å². The molecule has 0 aromatic heterocycles. The minimum Gasteiger partial charge on any atom is -0.271 e. The Labute approximate surface area is 122 Å². The molecule has 6 heteroatoms. The fraction of sp³-hybridized carbons (Fsp3) is 0.143. The SMILES string of the molecule is Cc1ccc(F)c(C(NN)c2cc(F)cc(Br)c2)c1F. The Morgan fingerprint density at radius 1 is 1.15 bits per heavy atom. The number of benzene rings is 2. The Morgan fingerprint density at radius 3 is 2.45 bits per heavy atom. The maximum absolute atomic E-state index is 14.1. The lowest BCUT2D eigenvalue weighted by Crippen LogP contribution is -2.30. The minimum absolute atomic E-state index is 0.231. The Bertz CT molecular complexity index is 626. The van der Waals surface area contributed by atoms with Crippen molar-refractivity contribution in [1.29, 1.82) is 0 Å². The van der Waals surface area contributed by atoms with Gasteiger partial charge in [-0.25, -0.2) is 18.6 Å². The van der Waals surface area contributed by atoms with Crippen LogP contribution in [0.25, 0.3) is 0 Å². The van der Waals surface area contributed by atoms with Crippen molar-refractivity contribution in [2.75, 3.05) is 0 Å². The van der Waals surface area contributed by atoms with Crippen LogP contribution in [-0.4, -0.2) is 0 Å². The van der Waals surface area contributed by atoms with Crippen LogP contribution in [0.2, 0.25) is 0 Å². The molecule has 0 radical (unpaired) electrons. The average molecular weight is 345 g/mol. The molecule has 3 N–H and O–H groups in total. The van der Waals surface area contributed by atoms with Crippen molar-refractivity contribution in [2.45, 2.75) is 13.0 Å². The molecule has 0 aliphatic rings. The Morgan fingerprint density at radius 2 is 1.85 bits per heavy atom. The molecule has 2 aromatic carbocycles. The lowest BCUT2D eigenvalue weighted by atomic mass is 9.96. The lowest BCUT2D eigenvalue weighted by molar-refractivity contribution is 0.504. The molecule has 1 unspecified atom stereocenters. The van der Waals surface area contributed by atoms with Crippen LogP contribution in [0.15, 0.2) is 34.8 Å². The van der Waals surface area contributed by atoms with Crippen LogP contribution in [0, 0.1) is 24.4 Å².